The summed E-state index contributed by atoms with van der Waals surface area (Å²) in [7, 11) is -2.12. The minimum Gasteiger partial charge on any atom is -0.459 e. The predicted molar refractivity (Wildman–Crippen MR) is 95.5 cm³/mol. The molecule has 1 aliphatic heterocycles. The van der Waals surface area contributed by atoms with Crippen molar-refractivity contribution in [2.75, 3.05) is 19.6 Å². The van der Waals surface area contributed by atoms with Gasteiger partial charge in [0, 0.05) is 26.7 Å². The highest BCUT2D eigenvalue weighted by molar-refractivity contribution is 7.89. The molecule has 1 saturated heterocycles. The highest BCUT2D eigenvalue weighted by atomic mass is 35.5. The van der Waals surface area contributed by atoms with Crippen LogP contribution in [0.4, 0.5) is 0 Å². The summed E-state index contributed by atoms with van der Waals surface area (Å²) in [5.41, 5.74) is 0.380. The van der Waals surface area contributed by atoms with E-state index in [9.17, 15) is 13.2 Å². The highest BCUT2D eigenvalue weighted by Gasteiger charge is 2.34. The maximum absolute atomic E-state index is 13.0. The molecule has 0 aliphatic carbocycles. The number of halogens is 1. The van der Waals surface area contributed by atoms with E-state index >= 15 is 0 Å². The lowest BCUT2D eigenvalue weighted by Gasteiger charge is -2.31. The summed E-state index contributed by atoms with van der Waals surface area (Å²) in [5, 5.41) is 6.99. The van der Waals surface area contributed by atoms with Crippen LogP contribution >= 0.6 is 11.6 Å². The first-order valence-corrected chi connectivity index (χ1v) is 10.1. The summed E-state index contributed by atoms with van der Waals surface area (Å²) in [6, 6.07) is 3.23. The average Bonchev–Trinajstić information content (AvgIpc) is 3.22. The van der Waals surface area contributed by atoms with Crippen LogP contribution in [0.25, 0.3) is 0 Å². The van der Waals surface area contributed by atoms with Crippen molar-refractivity contribution in [3.63, 3.8) is 0 Å². The van der Waals surface area contributed by atoms with Gasteiger partial charge in [-0.15, -0.1) is 0 Å². The number of sulfonamides is 1. The van der Waals surface area contributed by atoms with Crippen LogP contribution in [0.1, 0.15) is 29.1 Å². The van der Waals surface area contributed by atoms with Gasteiger partial charge in [0.15, 0.2) is 5.76 Å². The first-order valence-electron chi connectivity index (χ1n) is 8.31. The number of nitrogens with zero attached hydrogens (tertiary/aromatic N) is 3. The van der Waals surface area contributed by atoms with Crippen molar-refractivity contribution in [1.29, 1.82) is 0 Å². The molecule has 26 heavy (non-hydrogen) atoms. The van der Waals surface area contributed by atoms with E-state index in [4.69, 9.17) is 16.0 Å². The van der Waals surface area contributed by atoms with Crippen LogP contribution in [0.5, 0.6) is 0 Å². The molecule has 2 aromatic heterocycles. The third-order valence-electron chi connectivity index (χ3n) is 4.48. The van der Waals surface area contributed by atoms with Crippen molar-refractivity contribution in [3.8, 4) is 0 Å². The molecule has 0 spiro atoms. The molecule has 2 aromatic rings. The number of furan rings is 1. The van der Waals surface area contributed by atoms with Gasteiger partial charge in [0.1, 0.15) is 10.0 Å². The van der Waals surface area contributed by atoms with Gasteiger partial charge in [-0.1, -0.05) is 11.6 Å². The standard InChI is InChI=1S/C16H21ClN4O4S/c1-11-14(15(17)20(2)19-11)26(23,24)21-7-3-5-12(10-21)9-18-16(22)13-6-4-8-25-13/h4,6,8,12H,3,5,7,9-10H2,1-2H3,(H,18,22)/t12-/m1/s1. The van der Waals surface area contributed by atoms with Crippen LogP contribution in [0.2, 0.25) is 5.15 Å². The summed E-state index contributed by atoms with van der Waals surface area (Å²) in [4.78, 5) is 12.0. The number of nitrogens with one attached hydrogen (secondary N) is 1. The van der Waals surface area contributed by atoms with Gasteiger partial charge in [0.2, 0.25) is 10.0 Å². The zero-order valence-electron chi connectivity index (χ0n) is 14.6. The van der Waals surface area contributed by atoms with Crippen LogP contribution in [0, 0.1) is 12.8 Å². The summed E-state index contributed by atoms with van der Waals surface area (Å²) in [5.74, 6) is -0.0441. The molecule has 10 heteroatoms. The molecule has 0 aromatic carbocycles. The Morgan fingerprint density at radius 3 is 2.88 bits per heavy atom. The Morgan fingerprint density at radius 2 is 2.27 bits per heavy atom. The van der Waals surface area contributed by atoms with Crippen molar-refractivity contribution >= 4 is 27.5 Å². The Kier molecular flexibility index (Phi) is 5.40. The number of carbonyl (C=O) groups excluding carboxylic acids is 1. The number of carbonyl (C=O) groups is 1. The topological polar surface area (TPSA) is 97.4 Å². The molecule has 142 valence electrons. The zero-order valence-corrected chi connectivity index (χ0v) is 16.2. The fourth-order valence-corrected chi connectivity index (χ4v) is 5.44. The molecule has 8 nitrogen and oxygen atoms in total. The number of rotatable bonds is 5. The average molecular weight is 401 g/mol. The molecule has 0 bridgehead atoms. The van der Waals surface area contributed by atoms with Crippen molar-refractivity contribution in [3.05, 3.63) is 35.0 Å². The summed E-state index contributed by atoms with van der Waals surface area (Å²) >= 11 is 6.14. The number of piperidine rings is 1. The first kappa shape index (κ1) is 18.9. The van der Waals surface area contributed by atoms with Gasteiger partial charge in [0.25, 0.3) is 5.91 Å². The second-order valence-electron chi connectivity index (χ2n) is 6.39. The summed E-state index contributed by atoms with van der Waals surface area (Å²) in [6.07, 6.45) is 2.99. The molecular formula is C16H21ClN4O4S. The zero-order chi connectivity index (χ0) is 18.9. The maximum atomic E-state index is 13.0. The lowest BCUT2D eigenvalue weighted by Crippen LogP contribution is -2.43. The van der Waals surface area contributed by atoms with E-state index in [2.05, 4.69) is 10.4 Å². The van der Waals surface area contributed by atoms with Crippen molar-refractivity contribution in [1.82, 2.24) is 19.4 Å². The van der Waals surface area contributed by atoms with Crippen LogP contribution in [-0.2, 0) is 17.1 Å². The maximum Gasteiger partial charge on any atom is 0.286 e. The van der Waals surface area contributed by atoms with E-state index in [1.165, 1.54) is 15.3 Å². The second-order valence-corrected chi connectivity index (χ2v) is 8.62. The largest absolute Gasteiger partial charge is 0.459 e. The number of amides is 1. The molecule has 3 rings (SSSR count). The first-order chi connectivity index (χ1) is 12.3. The molecule has 1 N–H and O–H groups in total. The number of aryl methyl sites for hydroxylation is 2. The monoisotopic (exact) mass is 400 g/mol. The fraction of sp³-hybridized carbons (Fsp3) is 0.500. The van der Waals surface area contributed by atoms with Gasteiger partial charge >= 0.3 is 0 Å². The quantitative estimate of drug-likeness (QED) is 0.825. The molecule has 0 radical (unpaired) electrons. The normalized spacial score (nSPS) is 18.8. The van der Waals surface area contributed by atoms with Gasteiger partial charge in [-0.3, -0.25) is 9.48 Å². The van der Waals surface area contributed by atoms with Gasteiger partial charge in [0.05, 0.1) is 12.0 Å². The molecule has 1 aliphatic rings. The van der Waals surface area contributed by atoms with Crippen LogP contribution in [0.3, 0.4) is 0 Å². The van der Waals surface area contributed by atoms with Crippen LogP contribution in [-0.4, -0.2) is 48.0 Å². The van der Waals surface area contributed by atoms with Gasteiger partial charge in [-0.05, 0) is 37.8 Å². The number of aromatic nitrogens is 2. The summed E-state index contributed by atoms with van der Waals surface area (Å²) in [6.45, 7) is 2.76. The minimum absolute atomic E-state index is 0.0215. The smallest absolute Gasteiger partial charge is 0.286 e. The van der Waals surface area contributed by atoms with Crippen LogP contribution in [0.15, 0.2) is 27.7 Å². The predicted octanol–water partition coefficient (Wildman–Crippen LogP) is 1.81. The Labute approximate surface area is 157 Å². The number of hydrogen-bond acceptors (Lipinski definition) is 5. The van der Waals surface area contributed by atoms with Crippen molar-refractivity contribution < 1.29 is 17.6 Å². The Hall–Kier alpha value is -1.84. The molecule has 0 unspecified atom stereocenters. The summed E-state index contributed by atoms with van der Waals surface area (Å²) < 4.78 is 33.8. The Balaban J connectivity index is 1.69. The SMILES string of the molecule is Cc1nn(C)c(Cl)c1S(=O)(=O)N1CCC[C@H](CNC(=O)c2ccco2)C1. The van der Waals surface area contributed by atoms with E-state index in [-0.39, 0.29) is 27.6 Å². The van der Waals surface area contributed by atoms with Gasteiger partial charge < -0.3 is 9.73 Å². The number of hydrogen-bond donors (Lipinski definition) is 1. The van der Waals surface area contributed by atoms with Gasteiger partial charge in [-0.2, -0.15) is 9.40 Å². The third-order valence-corrected chi connectivity index (χ3v) is 7.04. The molecule has 1 amide bonds. The fourth-order valence-electron chi connectivity index (χ4n) is 3.18. The molecule has 1 atom stereocenters. The second kappa shape index (κ2) is 7.42. The Morgan fingerprint density at radius 1 is 1.50 bits per heavy atom. The minimum atomic E-state index is -3.73. The van der Waals surface area contributed by atoms with E-state index in [0.29, 0.717) is 25.3 Å². The molecule has 3 heterocycles. The molecular weight excluding hydrogens is 380 g/mol. The van der Waals surface area contributed by atoms with Crippen LogP contribution < -0.4 is 5.32 Å². The van der Waals surface area contributed by atoms with E-state index < -0.39 is 10.0 Å². The van der Waals surface area contributed by atoms with E-state index in [1.54, 1.807) is 26.1 Å². The third kappa shape index (κ3) is 3.65. The van der Waals surface area contributed by atoms with Gasteiger partial charge in [-0.25, -0.2) is 8.42 Å². The van der Waals surface area contributed by atoms with E-state index in [0.717, 1.165) is 12.8 Å². The van der Waals surface area contributed by atoms with E-state index in [1.807, 2.05) is 0 Å². The van der Waals surface area contributed by atoms with Crippen molar-refractivity contribution in [2.45, 2.75) is 24.7 Å². The Bertz CT molecular complexity index is 892. The lowest BCUT2D eigenvalue weighted by molar-refractivity contribution is 0.0913. The lowest BCUT2D eigenvalue weighted by atomic mass is 10.00. The molecule has 0 saturated carbocycles. The molecule has 1 fully saturated rings. The highest BCUT2D eigenvalue weighted by Crippen LogP contribution is 2.30. The van der Waals surface area contributed by atoms with Crippen molar-refractivity contribution in [2.24, 2.45) is 13.0 Å².